The molecule has 9 heteroatoms. The molecule has 2 aromatic rings. The number of fused-ring (bicyclic) bond motifs is 1. The molecule has 21 heavy (non-hydrogen) atoms. The van der Waals surface area contributed by atoms with Crippen LogP contribution in [0.25, 0.3) is 11.2 Å². The number of hydrogen-bond donors (Lipinski definition) is 3. The Bertz CT molecular complexity index is 729. The molecule has 0 bridgehead atoms. The second kappa shape index (κ2) is 6.55. The van der Waals surface area contributed by atoms with E-state index in [9.17, 15) is 9.59 Å². The van der Waals surface area contributed by atoms with Gasteiger partial charge in [0, 0.05) is 20.7 Å². The minimum atomic E-state index is -0.412. The molecule has 9 nitrogen and oxygen atoms in total. The van der Waals surface area contributed by atoms with Crippen LogP contribution in [0.1, 0.15) is 6.42 Å². The molecule has 0 aliphatic heterocycles. The minimum absolute atomic E-state index is 0.295. The van der Waals surface area contributed by atoms with Gasteiger partial charge in [-0.3, -0.25) is 13.9 Å². The van der Waals surface area contributed by atoms with Crippen LogP contribution >= 0.6 is 0 Å². The monoisotopic (exact) mass is 296 g/mol. The summed E-state index contributed by atoms with van der Waals surface area (Å²) in [5.74, 6) is 0.451. The second-order valence-corrected chi connectivity index (χ2v) is 4.64. The van der Waals surface area contributed by atoms with Gasteiger partial charge >= 0.3 is 5.69 Å². The van der Waals surface area contributed by atoms with E-state index in [0.717, 1.165) is 11.0 Å². The number of nitrogens with one attached hydrogen (secondary N) is 2. The first-order valence-electron chi connectivity index (χ1n) is 6.72. The zero-order valence-corrected chi connectivity index (χ0v) is 12.2. The summed E-state index contributed by atoms with van der Waals surface area (Å²) in [6.45, 7) is 1.88. The summed E-state index contributed by atoms with van der Waals surface area (Å²) >= 11 is 0. The number of rotatable bonds is 7. The van der Waals surface area contributed by atoms with E-state index in [0.29, 0.717) is 43.4 Å². The van der Waals surface area contributed by atoms with Crippen LogP contribution in [0.2, 0.25) is 0 Å². The fraction of sp³-hybridized carbons (Fsp3) is 0.583. The Morgan fingerprint density at radius 3 is 2.86 bits per heavy atom. The first-order valence-corrected chi connectivity index (χ1v) is 6.72. The van der Waals surface area contributed by atoms with Crippen LogP contribution in [-0.2, 0) is 18.3 Å². The van der Waals surface area contributed by atoms with Crippen molar-refractivity contribution in [1.29, 1.82) is 0 Å². The number of hydrogen-bond acceptors (Lipinski definition) is 6. The highest BCUT2D eigenvalue weighted by molar-refractivity contribution is 5.72. The highest BCUT2D eigenvalue weighted by Gasteiger charge is 2.15. The van der Waals surface area contributed by atoms with Gasteiger partial charge in [-0.05, 0) is 13.0 Å². The maximum Gasteiger partial charge on any atom is 0.332 e. The molecule has 0 spiro atoms. The molecule has 0 unspecified atom stereocenters. The fourth-order valence-electron chi connectivity index (χ4n) is 2.01. The summed E-state index contributed by atoms with van der Waals surface area (Å²) in [6, 6.07) is 0. The summed E-state index contributed by atoms with van der Waals surface area (Å²) in [5, 5.41) is 3.04. The molecule has 2 rings (SSSR count). The van der Waals surface area contributed by atoms with E-state index in [4.69, 9.17) is 10.5 Å². The number of nitrogens with zero attached hydrogens (tertiary/aromatic N) is 3. The number of imidazole rings is 1. The van der Waals surface area contributed by atoms with Gasteiger partial charge in [0.15, 0.2) is 11.2 Å². The Labute approximate surface area is 120 Å². The van der Waals surface area contributed by atoms with Gasteiger partial charge in [0.2, 0.25) is 5.95 Å². The smallest absolute Gasteiger partial charge is 0.332 e. The highest BCUT2D eigenvalue weighted by atomic mass is 16.5. The van der Waals surface area contributed by atoms with E-state index >= 15 is 0 Å². The predicted molar refractivity (Wildman–Crippen MR) is 79.6 cm³/mol. The average molecular weight is 296 g/mol. The zero-order valence-electron chi connectivity index (χ0n) is 12.2. The number of anilines is 1. The van der Waals surface area contributed by atoms with Crippen molar-refractivity contribution < 1.29 is 4.74 Å². The molecule has 0 radical (unpaired) electrons. The first kappa shape index (κ1) is 15.3. The lowest BCUT2D eigenvalue weighted by Gasteiger charge is -2.07. The van der Waals surface area contributed by atoms with Gasteiger partial charge in [-0.25, -0.2) is 4.79 Å². The highest BCUT2D eigenvalue weighted by Crippen LogP contribution is 2.09. The van der Waals surface area contributed by atoms with Gasteiger partial charge in [0.25, 0.3) is 5.56 Å². The molecular formula is C12H20N6O3. The lowest BCUT2D eigenvalue weighted by Crippen LogP contribution is -2.38. The normalized spacial score (nSPS) is 11.2. The Hall–Kier alpha value is -2.13. The molecule has 0 aliphatic carbocycles. The Balaban J connectivity index is 2.49. The van der Waals surface area contributed by atoms with Crippen LogP contribution in [0.15, 0.2) is 9.59 Å². The number of ether oxygens (including phenoxy) is 1. The lowest BCUT2D eigenvalue weighted by molar-refractivity contribution is 0.186. The number of aromatic amines is 1. The summed E-state index contributed by atoms with van der Waals surface area (Å²) in [6.07, 6.45) is 0.783. The molecule has 2 aromatic heterocycles. The standard InChI is InChI=1S/C12H20N6O3/c1-17-10(19)8-9(18(12(17)20)6-7-21-2)16-11(15-8)14-5-3-4-13/h3-7,13H2,1-2H3,(H2,14,15,16). The van der Waals surface area contributed by atoms with Crippen molar-refractivity contribution in [3.05, 3.63) is 20.8 Å². The molecule has 2 heterocycles. The molecular weight excluding hydrogens is 276 g/mol. The zero-order chi connectivity index (χ0) is 15.4. The van der Waals surface area contributed by atoms with Crippen molar-refractivity contribution >= 4 is 17.1 Å². The predicted octanol–water partition coefficient (Wildman–Crippen LogP) is -1.17. The van der Waals surface area contributed by atoms with Crippen LogP contribution < -0.4 is 22.3 Å². The quantitative estimate of drug-likeness (QED) is 0.554. The van der Waals surface area contributed by atoms with Gasteiger partial charge in [-0.15, -0.1) is 0 Å². The molecule has 0 amide bonds. The maximum absolute atomic E-state index is 12.2. The van der Waals surface area contributed by atoms with Crippen LogP contribution in [0.3, 0.4) is 0 Å². The van der Waals surface area contributed by atoms with Crippen LogP contribution in [0.4, 0.5) is 5.95 Å². The minimum Gasteiger partial charge on any atom is -0.383 e. The number of methoxy groups -OCH3 is 1. The van der Waals surface area contributed by atoms with Gasteiger partial charge < -0.3 is 20.8 Å². The maximum atomic E-state index is 12.2. The number of aromatic nitrogens is 4. The van der Waals surface area contributed by atoms with E-state index in [1.165, 1.54) is 11.6 Å². The SMILES string of the molecule is COCCn1c(=O)n(C)c(=O)c2[nH]c(NCCCN)nc21. The molecule has 0 atom stereocenters. The summed E-state index contributed by atoms with van der Waals surface area (Å²) in [7, 11) is 2.99. The Morgan fingerprint density at radius 2 is 2.19 bits per heavy atom. The van der Waals surface area contributed by atoms with Gasteiger partial charge in [-0.1, -0.05) is 0 Å². The van der Waals surface area contributed by atoms with Crippen LogP contribution in [0, 0.1) is 0 Å². The van der Waals surface area contributed by atoms with Gasteiger partial charge in [0.05, 0.1) is 13.2 Å². The second-order valence-electron chi connectivity index (χ2n) is 4.64. The van der Waals surface area contributed by atoms with Gasteiger partial charge in [-0.2, -0.15) is 4.98 Å². The van der Waals surface area contributed by atoms with E-state index in [2.05, 4.69) is 15.3 Å². The first-order chi connectivity index (χ1) is 10.1. The summed E-state index contributed by atoms with van der Waals surface area (Å²) in [4.78, 5) is 31.5. The van der Waals surface area contributed by atoms with Crippen molar-refractivity contribution in [2.24, 2.45) is 12.8 Å². The fourth-order valence-corrected chi connectivity index (χ4v) is 2.01. The van der Waals surface area contributed by atoms with Crippen molar-refractivity contribution in [2.75, 3.05) is 32.1 Å². The largest absolute Gasteiger partial charge is 0.383 e. The van der Waals surface area contributed by atoms with E-state index in [-0.39, 0.29) is 0 Å². The Morgan fingerprint density at radius 1 is 1.43 bits per heavy atom. The summed E-state index contributed by atoms with van der Waals surface area (Å²) in [5.41, 5.74) is 5.24. The topological polar surface area (TPSA) is 120 Å². The third kappa shape index (κ3) is 2.98. The van der Waals surface area contributed by atoms with Crippen molar-refractivity contribution in [1.82, 2.24) is 19.1 Å². The van der Waals surface area contributed by atoms with Crippen molar-refractivity contribution in [3.63, 3.8) is 0 Å². The third-order valence-corrected chi connectivity index (χ3v) is 3.17. The van der Waals surface area contributed by atoms with Crippen LogP contribution in [-0.4, -0.2) is 45.9 Å². The van der Waals surface area contributed by atoms with E-state index in [1.807, 2.05) is 0 Å². The molecule has 4 N–H and O–H groups in total. The van der Waals surface area contributed by atoms with Crippen molar-refractivity contribution in [2.45, 2.75) is 13.0 Å². The molecule has 0 saturated carbocycles. The Kier molecular flexibility index (Phi) is 4.76. The molecule has 0 fully saturated rings. The van der Waals surface area contributed by atoms with Crippen LogP contribution in [0.5, 0.6) is 0 Å². The summed E-state index contributed by atoms with van der Waals surface area (Å²) < 4.78 is 7.47. The molecule has 0 saturated heterocycles. The van der Waals surface area contributed by atoms with E-state index < -0.39 is 11.2 Å². The average Bonchev–Trinajstić information content (AvgIpc) is 2.89. The number of H-pyrrole nitrogens is 1. The van der Waals surface area contributed by atoms with E-state index in [1.54, 1.807) is 7.11 Å². The molecule has 0 aromatic carbocycles. The molecule has 0 aliphatic rings. The lowest BCUT2D eigenvalue weighted by atomic mass is 10.4. The molecule has 116 valence electrons. The third-order valence-electron chi connectivity index (χ3n) is 3.17. The van der Waals surface area contributed by atoms with Gasteiger partial charge in [0.1, 0.15) is 0 Å². The number of nitrogens with two attached hydrogens (primary N) is 1. The van der Waals surface area contributed by atoms with Crippen molar-refractivity contribution in [3.8, 4) is 0 Å².